The van der Waals surface area contributed by atoms with Gasteiger partial charge in [-0.25, -0.2) is 0 Å². The summed E-state index contributed by atoms with van der Waals surface area (Å²) in [7, 11) is 0. The zero-order valence-electron chi connectivity index (χ0n) is 10.7. The van der Waals surface area contributed by atoms with Crippen LogP contribution < -0.4 is 11.3 Å². The fourth-order valence-corrected chi connectivity index (χ4v) is 2.91. The summed E-state index contributed by atoms with van der Waals surface area (Å²) in [6, 6.07) is 4.52. The molecule has 3 nitrogen and oxygen atoms in total. The van der Waals surface area contributed by atoms with Crippen molar-refractivity contribution in [3.63, 3.8) is 0 Å². The van der Waals surface area contributed by atoms with Crippen LogP contribution >= 0.6 is 0 Å². The molecule has 1 fully saturated rings. The summed E-state index contributed by atoms with van der Waals surface area (Å²) in [5, 5.41) is 0. The van der Waals surface area contributed by atoms with Gasteiger partial charge in [0.1, 0.15) is 0 Å². The summed E-state index contributed by atoms with van der Waals surface area (Å²) < 4.78 is 0. The Bertz CT molecular complexity index is 343. The quantitative estimate of drug-likeness (QED) is 0.479. The highest BCUT2D eigenvalue weighted by Gasteiger charge is 2.23. The van der Waals surface area contributed by atoms with Gasteiger partial charge in [-0.2, -0.15) is 0 Å². The SMILES string of the molecule is Cc1cc(C(NN)C2CCCCCC2)ccn1. The minimum absolute atomic E-state index is 0.287. The Hall–Kier alpha value is -0.930. The van der Waals surface area contributed by atoms with Gasteiger partial charge in [-0.3, -0.25) is 16.3 Å². The van der Waals surface area contributed by atoms with E-state index in [9.17, 15) is 0 Å². The van der Waals surface area contributed by atoms with E-state index in [1.54, 1.807) is 0 Å². The van der Waals surface area contributed by atoms with Crippen molar-refractivity contribution < 1.29 is 0 Å². The molecule has 1 atom stereocenters. The summed E-state index contributed by atoms with van der Waals surface area (Å²) in [5.41, 5.74) is 5.37. The molecule has 1 saturated carbocycles. The standard InChI is InChI=1S/C14H23N3/c1-11-10-13(8-9-16-11)14(17-15)12-6-4-2-3-5-7-12/h8-10,12,14,17H,2-7,15H2,1H3. The smallest absolute Gasteiger partial charge is 0.0489 e. The number of hydrogen-bond acceptors (Lipinski definition) is 3. The predicted molar refractivity (Wildman–Crippen MR) is 70.2 cm³/mol. The Morgan fingerprint density at radius 1 is 1.29 bits per heavy atom. The summed E-state index contributed by atoms with van der Waals surface area (Å²) in [6.07, 6.45) is 9.89. The van der Waals surface area contributed by atoms with Crippen LogP contribution in [0.15, 0.2) is 18.3 Å². The fourth-order valence-electron chi connectivity index (χ4n) is 2.91. The lowest BCUT2D eigenvalue weighted by molar-refractivity contribution is 0.329. The zero-order chi connectivity index (χ0) is 12.1. The maximum Gasteiger partial charge on any atom is 0.0489 e. The van der Waals surface area contributed by atoms with Crippen molar-refractivity contribution in [1.82, 2.24) is 10.4 Å². The van der Waals surface area contributed by atoms with Crippen molar-refractivity contribution in [1.29, 1.82) is 0 Å². The fraction of sp³-hybridized carbons (Fsp3) is 0.643. The zero-order valence-corrected chi connectivity index (χ0v) is 10.7. The van der Waals surface area contributed by atoms with Crippen LogP contribution in [0.2, 0.25) is 0 Å². The molecule has 1 aliphatic rings. The van der Waals surface area contributed by atoms with E-state index in [-0.39, 0.29) is 6.04 Å². The topological polar surface area (TPSA) is 50.9 Å². The molecule has 94 valence electrons. The maximum absolute atomic E-state index is 5.77. The molecular formula is C14H23N3. The highest BCUT2D eigenvalue weighted by molar-refractivity contribution is 5.20. The molecule has 1 unspecified atom stereocenters. The predicted octanol–water partition coefficient (Wildman–Crippen LogP) is 2.86. The first kappa shape index (κ1) is 12.5. The molecule has 0 aromatic carbocycles. The molecule has 0 saturated heterocycles. The second-order valence-corrected chi connectivity index (χ2v) is 5.13. The van der Waals surface area contributed by atoms with Crippen molar-refractivity contribution in [2.75, 3.05) is 0 Å². The summed E-state index contributed by atoms with van der Waals surface area (Å²) >= 11 is 0. The van der Waals surface area contributed by atoms with Crippen LogP contribution in [0.3, 0.4) is 0 Å². The molecule has 1 aromatic heterocycles. The van der Waals surface area contributed by atoms with Crippen molar-refractivity contribution in [2.24, 2.45) is 11.8 Å². The first-order valence-electron chi connectivity index (χ1n) is 6.70. The first-order chi connectivity index (χ1) is 8.31. The lowest BCUT2D eigenvalue weighted by Gasteiger charge is -2.26. The Morgan fingerprint density at radius 3 is 2.59 bits per heavy atom. The van der Waals surface area contributed by atoms with Crippen LogP contribution in [-0.4, -0.2) is 4.98 Å². The monoisotopic (exact) mass is 233 g/mol. The number of nitrogens with zero attached hydrogens (tertiary/aromatic N) is 1. The lowest BCUT2D eigenvalue weighted by Crippen LogP contribution is -2.33. The number of aromatic nitrogens is 1. The Labute approximate surface area is 104 Å². The number of pyridine rings is 1. The highest BCUT2D eigenvalue weighted by Crippen LogP contribution is 2.33. The minimum atomic E-state index is 0.287. The molecule has 17 heavy (non-hydrogen) atoms. The molecule has 0 bridgehead atoms. The lowest BCUT2D eigenvalue weighted by atomic mass is 9.88. The van der Waals surface area contributed by atoms with E-state index in [2.05, 4.69) is 22.5 Å². The maximum atomic E-state index is 5.77. The van der Waals surface area contributed by atoms with Gasteiger partial charge in [0.15, 0.2) is 0 Å². The van der Waals surface area contributed by atoms with Crippen molar-refractivity contribution in [3.05, 3.63) is 29.6 Å². The van der Waals surface area contributed by atoms with Gasteiger partial charge in [-0.15, -0.1) is 0 Å². The van der Waals surface area contributed by atoms with Gasteiger partial charge in [0.2, 0.25) is 0 Å². The molecular weight excluding hydrogens is 210 g/mol. The van der Waals surface area contributed by atoms with E-state index in [0.29, 0.717) is 5.92 Å². The van der Waals surface area contributed by atoms with Crippen molar-refractivity contribution in [2.45, 2.75) is 51.5 Å². The number of aryl methyl sites for hydroxylation is 1. The number of nitrogens with two attached hydrogens (primary N) is 1. The Balaban J connectivity index is 2.14. The average Bonchev–Trinajstić information content (AvgIpc) is 2.59. The minimum Gasteiger partial charge on any atom is -0.271 e. The van der Waals surface area contributed by atoms with Gasteiger partial charge in [0.05, 0.1) is 0 Å². The summed E-state index contributed by atoms with van der Waals surface area (Å²) in [4.78, 5) is 4.25. The van der Waals surface area contributed by atoms with E-state index in [1.807, 2.05) is 13.1 Å². The molecule has 3 heteroatoms. The van der Waals surface area contributed by atoms with Crippen LogP contribution in [-0.2, 0) is 0 Å². The second-order valence-electron chi connectivity index (χ2n) is 5.13. The average molecular weight is 233 g/mol. The molecule has 0 aliphatic heterocycles. The van der Waals surface area contributed by atoms with E-state index >= 15 is 0 Å². The Kier molecular flexibility index (Phi) is 4.51. The van der Waals surface area contributed by atoms with Crippen molar-refractivity contribution in [3.8, 4) is 0 Å². The van der Waals surface area contributed by atoms with Crippen molar-refractivity contribution >= 4 is 0 Å². The van der Waals surface area contributed by atoms with E-state index < -0.39 is 0 Å². The van der Waals surface area contributed by atoms with Gasteiger partial charge in [0, 0.05) is 17.9 Å². The largest absolute Gasteiger partial charge is 0.271 e. The third-order valence-corrected chi connectivity index (χ3v) is 3.83. The molecule has 1 aliphatic carbocycles. The van der Waals surface area contributed by atoms with E-state index in [0.717, 1.165) is 5.69 Å². The summed E-state index contributed by atoms with van der Waals surface area (Å²) in [6.45, 7) is 2.03. The second kappa shape index (κ2) is 6.12. The van der Waals surface area contributed by atoms with E-state index in [1.165, 1.54) is 44.1 Å². The number of nitrogens with one attached hydrogen (secondary N) is 1. The third-order valence-electron chi connectivity index (χ3n) is 3.83. The number of hydrazine groups is 1. The van der Waals surface area contributed by atoms with Crippen LogP contribution in [0.5, 0.6) is 0 Å². The van der Waals surface area contributed by atoms with Crippen LogP contribution in [0.4, 0.5) is 0 Å². The van der Waals surface area contributed by atoms with Gasteiger partial charge < -0.3 is 0 Å². The van der Waals surface area contributed by atoms with Gasteiger partial charge in [-0.05, 0) is 43.4 Å². The third kappa shape index (κ3) is 3.27. The van der Waals surface area contributed by atoms with Crippen LogP contribution in [0.1, 0.15) is 55.8 Å². The first-order valence-corrected chi connectivity index (χ1v) is 6.70. The van der Waals surface area contributed by atoms with Gasteiger partial charge >= 0.3 is 0 Å². The molecule has 0 radical (unpaired) electrons. The van der Waals surface area contributed by atoms with Crippen LogP contribution in [0.25, 0.3) is 0 Å². The van der Waals surface area contributed by atoms with Crippen LogP contribution in [0, 0.1) is 12.8 Å². The van der Waals surface area contributed by atoms with Gasteiger partial charge in [0.25, 0.3) is 0 Å². The van der Waals surface area contributed by atoms with Gasteiger partial charge in [-0.1, -0.05) is 25.7 Å². The molecule has 0 amide bonds. The summed E-state index contributed by atoms with van der Waals surface area (Å²) in [5.74, 6) is 6.44. The normalized spacial score (nSPS) is 19.9. The number of hydrogen-bond donors (Lipinski definition) is 2. The molecule has 0 spiro atoms. The highest BCUT2D eigenvalue weighted by atomic mass is 15.2. The Morgan fingerprint density at radius 2 is 2.00 bits per heavy atom. The molecule has 1 heterocycles. The number of rotatable bonds is 3. The van der Waals surface area contributed by atoms with E-state index in [4.69, 9.17) is 5.84 Å². The molecule has 1 aromatic rings. The molecule has 3 N–H and O–H groups in total. The molecule has 2 rings (SSSR count).